The number of nitrogens with one attached hydrogen (secondary N) is 2. The van der Waals surface area contributed by atoms with E-state index in [1.165, 1.54) is 0 Å². The number of hydrogen-bond acceptors (Lipinski definition) is 4. The molecule has 6 nitrogen and oxygen atoms in total. The zero-order valence-electron chi connectivity index (χ0n) is 15.5. The van der Waals surface area contributed by atoms with E-state index in [2.05, 4.69) is 15.7 Å². The third-order valence-electron chi connectivity index (χ3n) is 3.93. The minimum Gasteiger partial charge on any atom is -0.497 e. The van der Waals surface area contributed by atoms with Gasteiger partial charge in [0.15, 0.2) is 10.9 Å². The first kappa shape index (κ1) is 21.5. The van der Waals surface area contributed by atoms with Crippen LogP contribution >= 0.6 is 47.0 Å². The topological polar surface area (TPSA) is 60.3 Å². The summed E-state index contributed by atoms with van der Waals surface area (Å²) in [6.45, 7) is 0.477. The average molecular weight is 472 g/mol. The summed E-state index contributed by atoms with van der Waals surface area (Å²) in [6.07, 6.45) is 1.70. The van der Waals surface area contributed by atoms with E-state index in [1.807, 2.05) is 6.07 Å². The van der Waals surface area contributed by atoms with Crippen LogP contribution in [0.4, 0.5) is 11.5 Å². The van der Waals surface area contributed by atoms with Crippen molar-refractivity contribution >= 4 is 63.6 Å². The van der Waals surface area contributed by atoms with E-state index in [9.17, 15) is 0 Å². The van der Waals surface area contributed by atoms with Gasteiger partial charge in [0, 0.05) is 12.3 Å². The highest BCUT2D eigenvalue weighted by Crippen LogP contribution is 2.29. The molecule has 0 aliphatic heterocycles. The molecule has 0 unspecified atom stereocenters. The molecule has 2 N–H and O–H groups in total. The lowest BCUT2D eigenvalue weighted by molar-refractivity contribution is 0.395. The molecule has 0 fully saturated rings. The van der Waals surface area contributed by atoms with Crippen LogP contribution in [-0.2, 0) is 6.54 Å². The number of methoxy groups -OCH3 is 2. The molecule has 10 heteroatoms. The second-order valence-electron chi connectivity index (χ2n) is 5.92. The van der Waals surface area contributed by atoms with E-state index in [0.717, 1.165) is 5.56 Å². The molecule has 0 aliphatic carbocycles. The van der Waals surface area contributed by atoms with E-state index in [0.29, 0.717) is 49.7 Å². The summed E-state index contributed by atoms with van der Waals surface area (Å²) in [5.41, 5.74) is 1.62. The maximum Gasteiger partial charge on any atom is 0.176 e. The molecular weight excluding hydrogens is 455 g/mol. The molecule has 0 radical (unpaired) electrons. The number of aromatic nitrogens is 2. The van der Waals surface area contributed by atoms with Gasteiger partial charge < -0.3 is 20.1 Å². The molecule has 0 bridgehead atoms. The van der Waals surface area contributed by atoms with Gasteiger partial charge in [-0.1, -0.05) is 40.9 Å². The lowest BCUT2D eigenvalue weighted by Crippen LogP contribution is -2.20. The van der Waals surface area contributed by atoms with Crippen molar-refractivity contribution < 1.29 is 9.47 Å². The Morgan fingerprint density at radius 1 is 1.00 bits per heavy atom. The standard InChI is InChI=1S/C19H17Cl3N4O2S/c1-27-12-4-6-16(17(8-12)28-2)23-19(29)24-18-15(22)10-26(25-18)9-11-3-5-13(20)14(21)7-11/h3-8,10H,9H2,1-2H3,(H2,23,24,25,29). The lowest BCUT2D eigenvalue weighted by Gasteiger charge is -2.13. The quantitative estimate of drug-likeness (QED) is 0.449. The van der Waals surface area contributed by atoms with Crippen LogP contribution in [0.5, 0.6) is 11.5 Å². The Hall–Kier alpha value is -2.19. The number of anilines is 2. The van der Waals surface area contributed by atoms with Gasteiger partial charge in [-0.2, -0.15) is 5.10 Å². The fourth-order valence-corrected chi connectivity index (χ4v) is 3.28. The van der Waals surface area contributed by atoms with Crippen LogP contribution in [0, 0.1) is 0 Å². The zero-order valence-corrected chi connectivity index (χ0v) is 18.6. The molecule has 29 heavy (non-hydrogen) atoms. The number of hydrogen-bond donors (Lipinski definition) is 2. The average Bonchev–Trinajstić information content (AvgIpc) is 3.03. The third kappa shape index (κ3) is 5.45. The predicted molar refractivity (Wildman–Crippen MR) is 122 cm³/mol. The molecule has 1 aromatic heterocycles. The number of halogens is 3. The summed E-state index contributed by atoms with van der Waals surface area (Å²) in [6, 6.07) is 10.8. The van der Waals surface area contributed by atoms with Gasteiger partial charge in [0.05, 0.1) is 36.5 Å². The van der Waals surface area contributed by atoms with Crippen LogP contribution in [0.3, 0.4) is 0 Å². The largest absolute Gasteiger partial charge is 0.497 e. The Labute approximate surface area is 188 Å². The van der Waals surface area contributed by atoms with E-state index >= 15 is 0 Å². The Balaban J connectivity index is 1.69. The first-order valence-corrected chi connectivity index (χ1v) is 9.90. The van der Waals surface area contributed by atoms with Crippen molar-refractivity contribution in [2.75, 3.05) is 24.9 Å². The van der Waals surface area contributed by atoms with Gasteiger partial charge in [-0.15, -0.1) is 0 Å². The number of ether oxygens (including phenoxy) is 2. The van der Waals surface area contributed by atoms with Crippen LogP contribution in [-0.4, -0.2) is 29.1 Å². The van der Waals surface area contributed by atoms with Crippen molar-refractivity contribution in [3.8, 4) is 11.5 Å². The summed E-state index contributed by atoms with van der Waals surface area (Å²) < 4.78 is 12.2. The predicted octanol–water partition coefficient (Wildman–Crippen LogP) is 5.72. The lowest BCUT2D eigenvalue weighted by atomic mass is 10.2. The van der Waals surface area contributed by atoms with Crippen molar-refractivity contribution in [3.63, 3.8) is 0 Å². The Bertz CT molecular complexity index is 1040. The van der Waals surface area contributed by atoms with Crippen LogP contribution in [0.25, 0.3) is 0 Å². The first-order chi connectivity index (χ1) is 13.9. The van der Waals surface area contributed by atoms with Crippen molar-refractivity contribution in [1.82, 2.24) is 9.78 Å². The number of nitrogens with zero attached hydrogens (tertiary/aromatic N) is 2. The summed E-state index contributed by atoms with van der Waals surface area (Å²) >= 11 is 23.7. The molecule has 0 spiro atoms. The first-order valence-electron chi connectivity index (χ1n) is 8.36. The van der Waals surface area contributed by atoms with Crippen LogP contribution < -0.4 is 20.1 Å². The molecule has 0 saturated heterocycles. The molecular formula is C19H17Cl3N4O2S. The summed E-state index contributed by atoms with van der Waals surface area (Å²) in [5, 5.41) is 12.2. The number of benzene rings is 2. The van der Waals surface area contributed by atoms with E-state index < -0.39 is 0 Å². The van der Waals surface area contributed by atoms with Crippen LogP contribution in [0.15, 0.2) is 42.6 Å². The highest BCUT2D eigenvalue weighted by Gasteiger charge is 2.12. The third-order valence-corrected chi connectivity index (χ3v) is 5.15. The molecule has 1 heterocycles. The molecule has 152 valence electrons. The monoisotopic (exact) mass is 470 g/mol. The summed E-state index contributed by atoms with van der Waals surface area (Å²) in [4.78, 5) is 0. The van der Waals surface area contributed by atoms with Gasteiger partial charge in [0.2, 0.25) is 0 Å². The van der Waals surface area contributed by atoms with E-state index in [4.69, 9.17) is 56.5 Å². The minimum absolute atomic E-state index is 0.315. The number of rotatable bonds is 6. The number of thiocarbonyl (C=S) groups is 1. The van der Waals surface area contributed by atoms with E-state index in [-0.39, 0.29) is 0 Å². The Morgan fingerprint density at radius 3 is 2.48 bits per heavy atom. The molecule has 3 rings (SSSR count). The van der Waals surface area contributed by atoms with Gasteiger partial charge in [-0.25, -0.2) is 0 Å². The van der Waals surface area contributed by atoms with Gasteiger partial charge in [-0.3, -0.25) is 4.68 Å². The van der Waals surface area contributed by atoms with Crippen LogP contribution in [0.2, 0.25) is 15.1 Å². The van der Waals surface area contributed by atoms with Crippen LogP contribution in [0.1, 0.15) is 5.56 Å². The van der Waals surface area contributed by atoms with E-state index in [1.54, 1.807) is 55.4 Å². The smallest absolute Gasteiger partial charge is 0.176 e. The Morgan fingerprint density at radius 2 is 1.79 bits per heavy atom. The van der Waals surface area contributed by atoms with Crippen molar-refractivity contribution in [2.24, 2.45) is 0 Å². The SMILES string of the molecule is COc1ccc(NC(=S)Nc2nn(Cc3ccc(Cl)c(Cl)c3)cc2Cl)c(OC)c1. The van der Waals surface area contributed by atoms with Crippen molar-refractivity contribution in [3.05, 3.63) is 63.2 Å². The maximum absolute atomic E-state index is 6.29. The second kappa shape index (κ2) is 9.54. The molecule has 3 aromatic rings. The fourth-order valence-electron chi connectivity index (χ4n) is 2.55. The molecule has 0 atom stereocenters. The highest BCUT2D eigenvalue weighted by molar-refractivity contribution is 7.80. The molecule has 0 aliphatic rings. The molecule has 0 amide bonds. The fraction of sp³-hybridized carbons (Fsp3) is 0.158. The summed E-state index contributed by atoms with van der Waals surface area (Å²) in [7, 11) is 3.16. The van der Waals surface area contributed by atoms with Crippen molar-refractivity contribution in [1.29, 1.82) is 0 Å². The normalized spacial score (nSPS) is 10.5. The second-order valence-corrected chi connectivity index (χ2v) is 7.55. The van der Waals surface area contributed by atoms with Gasteiger partial charge in [-0.05, 0) is 42.0 Å². The van der Waals surface area contributed by atoms with Crippen molar-refractivity contribution in [2.45, 2.75) is 6.54 Å². The highest BCUT2D eigenvalue weighted by atomic mass is 35.5. The minimum atomic E-state index is 0.315. The molecule has 2 aromatic carbocycles. The molecule has 0 saturated carbocycles. The summed E-state index contributed by atoms with van der Waals surface area (Å²) in [5.74, 6) is 1.69. The van der Waals surface area contributed by atoms with Gasteiger partial charge in [0.25, 0.3) is 0 Å². The Kier molecular flexibility index (Phi) is 7.08. The zero-order chi connectivity index (χ0) is 21.0. The van der Waals surface area contributed by atoms with Gasteiger partial charge >= 0.3 is 0 Å². The van der Waals surface area contributed by atoms with Gasteiger partial charge in [0.1, 0.15) is 16.5 Å². The maximum atomic E-state index is 6.29.